The summed E-state index contributed by atoms with van der Waals surface area (Å²) in [5.41, 5.74) is 2.37. The molecule has 2 nitrogen and oxygen atoms in total. The first-order valence-corrected chi connectivity index (χ1v) is 6.91. The molecule has 0 amide bonds. The lowest BCUT2D eigenvalue weighted by Crippen LogP contribution is -2.12. The third-order valence-electron chi connectivity index (χ3n) is 3.00. The van der Waals surface area contributed by atoms with Crippen molar-refractivity contribution in [2.45, 2.75) is 20.4 Å². The molecule has 1 N–H and O–H groups in total. The number of ether oxygens (including phenoxy) is 1. The summed E-state index contributed by atoms with van der Waals surface area (Å²) in [5.74, 6) is 0.766. The molecule has 0 spiro atoms. The van der Waals surface area contributed by atoms with Gasteiger partial charge in [-0.2, -0.15) is 0 Å². The van der Waals surface area contributed by atoms with Crippen LogP contribution in [0.1, 0.15) is 18.1 Å². The first-order valence-electron chi connectivity index (χ1n) is 6.53. The van der Waals surface area contributed by atoms with Crippen molar-refractivity contribution in [2.75, 3.05) is 6.54 Å². The van der Waals surface area contributed by atoms with Crippen LogP contribution in [0.3, 0.4) is 0 Å². The summed E-state index contributed by atoms with van der Waals surface area (Å²) < 4.78 is 18.7. The van der Waals surface area contributed by atoms with E-state index in [-0.39, 0.29) is 10.8 Å². The highest BCUT2D eigenvalue weighted by atomic mass is 35.5. The van der Waals surface area contributed by atoms with Gasteiger partial charge in [0, 0.05) is 6.54 Å². The second-order valence-electron chi connectivity index (χ2n) is 4.55. The van der Waals surface area contributed by atoms with Crippen LogP contribution in [-0.4, -0.2) is 6.54 Å². The maximum atomic E-state index is 13.0. The van der Waals surface area contributed by atoms with Gasteiger partial charge in [0.1, 0.15) is 17.3 Å². The van der Waals surface area contributed by atoms with Crippen molar-refractivity contribution in [2.24, 2.45) is 0 Å². The normalized spacial score (nSPS) is 10.6. The summed E-state index contributed by atoms with van der Waals surface area (Å²) in [6.45, 7) is 5.87. The van der Waals surface area contributed by atoms with Gasteiger partial charge in [0.05, 0.1) is 5.02 Å². The molecule has 0 heterocycles. The van der Waals surface area contributed by atoms with Crippen molar-refractivity contribution in [3.8, 4) is 11.5 Å². The lowest BCUT2D eigenvalue weighted by Gasteiger charge is -2.11. The Balaban J connectivity index is 2.15. The molecule has 2 aromatic carbocycles. The van der Waals surface area contributed by atoms with Crippen LogP contribution in [0, 0.1) is 12.7 Å². The number of aryl methyl sites for hydroxylation is 1. The molecule has 0 saturated heterocycles. The Kier molecular flexibility index (Phi) is 4.99. The predicted octanol–water partition coefficient (Wildman–Crippen LogP) is 4.69. The molecule has 0 atom stereocenters. The van der Waals surface area contributed by atoms with Crippen molar-refractivity contribution in [3.63, 3.8) is 0 Å². The summed E-state index contributed by atoms with van der Waals surface area (Å²) in [5, 5.41) is 3.55. The van der Waals surface area contributed by atoms with E-state index in [1.54, 1.807) is 0 Å². The third-order valence-corrected chi connectivity index (χ3v) is 3.30. The molecule has 0 aliphatic rings. The maximum absolute atomic E-state index is 13.0. The van der Waals surface area contributed by atoms with Crippen LogP contribution >= 0.6 is 11.6 Å². The smallest absolute Gasteiger partial charge is 0.146 e. The van der Waals surface area contributed by atoms with Gasteiger partial charge in [0.25, 0.3) is 0 Å². The Morgan fingerprint density at radius 1 is 1.20 bits per heavy atom. The highest BCUT2D eigenvalue weighted by Gasteiger charge is 2.06. The van der Waals surface area contributed by atoms with Gasteiger partial charge in [-0.05, 0) is 54.9 Å². The molecule has 0 aliphatic carbocycles. The van der Waals surface area contributed by atoms with Gasteiger partial charge < -0.3 is 10.1 Å². The number of nitrogens with one attached hydrogen (secondary N) is 1. The predicted molar refractivity (Wildman–Crippen MR) is 80.0 cm³/mol. The van der Waals surface area contributed by atoms with E-state index in [0.29, 0.717) is 11.5 Å². The van der Waals surface area contributed by atoms with E-state index in [9.17, 15) is 4.39 Å². The third kappa shape index (κ3) is 3.71. The molecule has 20 heavy (non-hydrogen) atoms. The van der Waals surface area contributed by atoms with Gasteiger partial charge in [-0.25, -0.2) is 4.39 Å². The molecular formula is C16H17ClFNO. The highest BCUT2D eigenvalue weighted by molar-refractivity contribution is 6.32. The molecule has 0 aliphatic heterocycles. The molecule has 0 bridgehead atoms. The molecule has 2 rings (SSSR count). The molecular weight excluding hydrogens is 277 g/mol. The average Bonchev–Trinajstić information content (AvgIpc) is 2.41. The second-order valence-corrected chi connectivity index (χ2v) is 4.95. The monoisotopic (exact) mass is 293 g/mol. The topological polar surface area (TPSA) is 21.3 Å². The summed E-state index contributed by atoms with van der Waals surface area (Å²) in [7, 11) is 0. The lowest BCUT2D eigenvalue weighted by molar-refractivity contribution is 0.480. The molecule has 4 heteroatoms. The fourth-order valence-electron chi connectivity index (χ4n) is 1.87. The fourth-order valence-corrected chi connectivity index (χ4v) is 2.08. The Bertz CT molecular complexity index is 601. The molecule has 0 aromatic heterocycles. The molecule has 0 saturated carbocycles. The van der Waals surface area contributed by atoms with Gasteiger partial charge >= 0.3 is 0 Å². The Morgan fingerprint density at radius 3 is 2.65 bits per heavy atom. The van der Waals surface area contributed by atoms with E-state index in [1.165, 1.54) is 23.8 Å². The Morgan fingerprint density at radius 2 is 2.00 bits per heavy atom. The fraction of sp³-hybridized carbons (Fsp3) is 0.250. The number of halogens is 2. The zero-order valence-electron chi connectivity index (χ0n) is 11.5. The maximum Gasteiger partial charge on any atom is 0.146 e. The van der Waals surface area contributed by atoms with Crippen LogP contribution < -0.4 is 10.1 Å². The molecule has 0 radical (unpaired) electrons. The van der Waals surface area contributed by atoms with Crippen molar-refractivity contribution >= 4 is 11.6 Å². The highest BCUT2D eigenvalue weighted by Crippen LogP contribution is 2.30. The van der Waals surface area contributed by atoms with Gasteiger partial charge in [-0.3, -0.25) is 0 Å². The van der Waals surface area contributed by atoms with Crippen molar-refractivity contribution in [1.82, 2.24) is 5.32 Å². The summed E-state index contributed by atoms with van der Waals surface area (Å²) in [6, 6.07) is 9.95. The minimum absolute atomic E-state index is 0.263. The zero-order chi connectivity index (χ0) is 14.5. The van der Waals surface area contributed by atoms with Crippen molar-refractivity contribution in [1.29, 1.82) is 0 Å². The number of hydrogen-bond acceptors (Lipinski definition) is 2. The molecule has 0 fully saturated rings. The first-order chi connectivity index (χ1) is 9.60. The van der Waals surface area contributed by atoms with Crippen LogP contribution in [0.15, 0.2) is 36.4 Å². The number of hydrogen-bond donors (Lipinski definition) is 1. The van der Waals surface area contributed by atoms with Crippen molar-refractivity contribution < 1.29 is 9.13 Å². The SMILES string of the molecule is CCNCc1ccc(Oc2ccc(F)cc2Cl)cc1C. The largest absolute Gasteiger partial charge is 0.456 e. The molecule has 106 valence electrons. The van der Waals surface area contributed by atoms with E-state index in [4.69, 9.17) is 16.3 Å². The van der Waals surface area contributed by atoms with E-state index < -0.39 is 0 Å². The second kappa shape index (κ2) is 6.73. The Hall–Kier alpha value is -1.58. The molecule has 2 aromatic rings. The minimum atomic E-state index is -0.375. The van der Waals surface area contributed by atoms with Crippen LogP contribution in [0.4, 0.5) is 4.39 Å². The quantitative estimate of drug-likeness (QED) is 0.863. The van der Waals surface area contributed by atoms with E-state index in [2.05, 4.69) is 12.2 Å². The van der Waals surface area contributed by atoms with Gasteiger partial charge in [0.2, 0.25) is 0 Å². The van der Waals surface area contributed by atoms with E-state index >= 15 is 0 Å². The Labute approximate surface area is 123 Å². The minimum Gasteiger partial charge on any atom is -0.456 e. The van der Waals surface area contributed by atoms with Crippen molar-refractivity contribution in [3.05, 3.63) is 58.4 Å². The summed E-state index contributed by atoms with van der Waals surface area (Å²) >= 11 is 5.94. The van der Waals surface area contributed by atoms with Crippen LogP contribution in [-0.2, 0) is 6.54 Å². The summed E-state index contributed by atoms with van der Waals surface area (Å²) in [4.78, 5) is 0. The van der Waals surface area contributed by atoms with Gasteiger partial charge in [-0.15, -0.1) is 0 Å². The van der Waals surface area contributed by atoms with Crippen LogP contribution in [0.2, 0.25) is 5.02 Å². The van der Waals surface area contributed by atoms with Gasteiger partial charge in [0.15, 0.2) is 0 Å². The summed E-state index contributed by atoms with van der Waals surface area (Å²) in [6.07, 6.45) is 0. The van der Waals surface area contributed by atoms with E-state index in [0.717, 1.165) is 18.7 Å². The zero-order valence-corrected chi connectivity index (χ0v) is 12.3. The van der Waals surface area contributed by atoms with E-state index in [1.807, 2.05) is 25.1 Å². The van der Waals surface area contributed by atoms with Gasteiger partial charge in [-0.1, -0.05) is 24.6 Å². The first kappa shape index (κ1) is 14.8. The number of benzene rings is 2. The average molecular weight is 294 g/mol. The lowest BCUT2D eigenvalue weighted by atomic mass is 10.1. The van der Waals surface area contributed by atoms with Crippen LogP contribution in [0.25, 0.3) is 0 Å². The standard InChI is InChI=1S/C16H17ClFNO/c1-3-19-10-12-4-6-14(8-11(12)2)20-16-7-5-13(18)9-15(16)17/h4-9,19H,3,10H2,1-2H3. The number of rotatable bonds is 5. The van der Waals surface area contributed by atoms with Crippen LogP contribution in [0.5, 0.6) is 11.5 Å². The molecule has 0 unspecified atom stereocenters.